The van der Waals surface area contributed by atoms with Crippen molar-refractivity contribution in [3.8, 4) is 0 Å². The first kappa shape index (κ1) is 17.7. The number of hydrogen-bond donors (Lipinski definition) is 1. The molecule has 0 radical (unpaired) electrons. The summed E-state index contributed by atoms with van der Waals surface area (Å²) >= 11 is 0. The highest BCUT2D eigenvalue weighted by Crippen LogP contribution is 2.27. The van der Waals surface area contributed by atoms with E-state index in [-0.39, 0.29) is 24.0 Å². The Morgan fingerprint density at radius 3 is 2.88 bits per heavy atom. The number of hydrogen-bond acceptors (Lipinski definition) is 3. The van der Waals surface area contributed by atoms with Gasteiger partial charge in [0.2, 0.25) is 0 Å². The summed E-state index contributed by atoms with van der Waals surface area (Å²) in [5.41, 5.74) is 3.51. The zero-order chi connectivity index (χ0) is 16.4. The van der Waals surface area contributed by atoms with Gasteiger partial charge in [0.15, 0.2) is 11.6 Å². The normalized spacial score (nSPS) is 13.6. The van der Waals surface area contributed by atoms with Crippen molar-refractivity contribution in [1.82, 2.24) is 19.9 Å². The average Bonchev–Trinajstić information content (AvgIpc) is 3.23. The molecule has 0 unspecified atom stereocenters. The van der Waals surface area contributed by atoms with Gasteiger partial charge >= 0.3 is 0 Å². The number of anilines is 1. The molecule has 0 saturated carbocycles. The van der Waals surface area contributed by atoms with Crippen molar-refractivity contribution in [1.29, 1.82) is 0 Å². The predicted molar refractivity (Wildman–Crippen MR) is 111 cm³/mol. The molecule has 0 amide bonds. The van der Waals surface area contributed by atoms with Crippen LogP contribution in [0.25, 0.3) is 5.65 Å². The Morgan fingerprint density at radius 2 is 2.00 bits per heavy atom. The van der Waals surface area contributed by atoms with Gasteiger partial charge in [0, 0.05) is 38.4 Å². The van der Waals surface area contributed by atoms with Crippen molar-refractivity contribution in [2.24, 2.45) is 4.99 Å². The van der Waals surface area contributed by atoms with Gasteiger partial charge in [-0.15, -0.1) is 34.2 Å². The average molecular weight is 448 g/mol. The third kappa shape index (κ3) is 3.46. The quantitative estimate of drug-likeness (QED) is 0.380. The van der Waals surface area contributed by atoms with Gasteiger partial charge in [-0.2, -0.15) is 0 Å². The zero-order valence-corrected chi connectivity index (χ0v) is 16.4. The van der Waals surface area contributed by atoms with E-state index in [1.807, 2.05) is 35.8 Å². The van der Waals surface area contributed by atoms with Crippen LogP contribution in [0.15, 0.2) is 53.7 Å². The number of pyridine rings is 1. The summed E-state index contributed by atoms with van der Waals surface area (Å²) in [7, 11) is 1.83. The summed E-state index contributed by atoms with van der Waals surface area (Å²) in [4.78, 5) is 6.69. The molecule has 1 aliphatic heterocycles. The maximum Gasteiger partial charge on any atom is 0.198 e. The first-order valence-corrected chi connectivity index (χ1v) is 8.21. The number of aromatic nitrogens is 3. The first-order chi connectivity index (χ1) is 11.9. The zero-order valence-electron chi connectivity index (χ0n) is 14.1. The lowest BCUT2D eigenvalue weighted by atomic mass is 10.2. The molecule has 0 fully saturated rings. The molecular formula is C18H21IN6. The van der Waals surface area contributed by atoms with Gasteiger partial charge < -0.3 is 10.2 Å². The highest BCUT2D eigenvalue weighted by Gasteiger charge is 2.22. The minimum Gasteiger partial charge on any atom is -0.355 e. The van der Waals surface area contributed by atoms with E-state index in [1.165, 1.54) is 11.3 Å². The van der Waals surface area contributed by atoms with Crippen LogP contribution in [0, 0.1) is 0 Å². The molecule has 1 N–H and O–H groups in total. The highest BCUT2D eigenvalue weighted by atomic mass is 127. The molecule has 0 spiro atoms. The van der Waals surface area contributed by atoms with Crippen molar-refractivity contribution in [2.45, 2.75) is 12.8 Å². The van der Waals surface area contributed by atoms with Crippen LogP contribution in [-0.2, 0) is 12.8 Å². The molecule has 4 rings (SSSR count). The summed E-state index contributed by atoms with van der Waals surface area (Å²) in [6, 6.07) is 14.4. The lowest BCUT2D eigenvalue weighted by molar-refractivity contribution is 0.782. The molecule has 0 saturated heterocycles. The number of nitrogens with zero attached hydrogens (tertiary/aromatic N) is 5. The molecule has 25 heavy (non-hydrogen) atoms. The fourth-order valence-corrected chi connectivity index (χ4v) is 3.20. The molecule has 0 aliphatic carbocycles. The molecule has 0 bridgehead atoms. The van der Waals surface area contributed by atoms with Gasteiger partial charge in [-0.05, 0) is 30.2 Å². The monoisotopic (exact) mass is 448 g/mol. The largest absolute Gasteiger partial charge is 0.355 e. The van der Waals surface area contributed by atoms with E-state index in [4.69, 9.17) is 0 Å². The van der Waals surface area contributed by atoms with Gasteiger partial charge in [-0.1, -0.05) is 24.3 Å². The van der Waals surface area contributed by atoms with Crippen molar-refractivity contribution < 1.29 is 0 Å². The van der Waals surface area contributed by atoms with Crippen LogP contribution >= 0.6 is 24.0 Å². The predicted octanol–water partition coefficient (Wildman–Crippen LogP) is 2.53. The van der Waals surface area contributed by atoms with Crippen LogP contribution in [-0.4, -0.2) is 40.7 Å². The molecule has 6 nitrogen and oxygen atoms in total. The minimum atomic E-state index is 0. The third-order valence-corrected chi connectivity index (χ3v) is 4.37. The van der Waals surface area contributed by atoms with E-state index in [0.29, 0.717) is 0 Å². The van der Waals surface area contributed by atoms with Crippen molar-refractivity contribution in [3.05, 3.63) is 60.0 Å². The summed E-state index contributed by atoms with van der Waals surface area (Å²) < 4.78 is 2.02. The number of rotatable bonds is 3. The first-order valence-electron chi connectivity index (χ1n) is 8.21. The smallest absolute Gasteiger partial charge is 0.198 e. The van der Waals surface area contributed by atoms with Gasteiger partial charge in [-0.25, -0.2) is 0 Å². The Bertz CT molecular complexity index is 888. The molecule has 7 heteroatoms. The minimum absolute atomic E-state index is 0. The Hall–Kier alpha value is -2.16. The summed E-state index contributed by atoms with van der Waals surface area (Å²) in [5, 5.41) is 11.9. The van der Waals surface area contributed by atoms with E-state index in [1.54, 1.807) is 0 Å². The van der Waals surface area contributed by atoms with Crippen molar-refractivity contribution in [3.63, 3.8) is 0 Å². The van der Waals surface area contributed by atoms with Crippen LogP contribution < -0.4 is 10.2 Å². The second-order valence-corrected chi connectivity index (χ2v) is 5.80. The van der Waals surface area contributed by atoms with Crippen molar-refractivity contribution in [2.75, 3.05) is 25.0 Å². The number of nitrogens with one attached hydrogen (secondary N) is 1. The van der Waals surface area contributed by atoms with Gasteiger partial charge in [0.1, 0.15) is 5.82 Å². The van der Waals surface area contributed by atoms with Gasteiger partial charge in [0.25, 0.3) is 0 Å². The SMILES string of the molecule is CN=C(NCCc1nnc2ccccn12)N1CCc2ccccc21.I. The second-order valence-electron chi connectivity index (χ2n) is 5.80. The molecule has 3 aromatic rings. The van der Waals surface area contributed by atoms with Crippen LogP contribution in [0.2, 0.25) is 0 Å². The van der Waals surface area contributed by atoms with E-state index in [0.717, 1.165) is 43.4 Å². The van der Waals surface area contributed by atoms with Crippen LogP contribution in [0.3, 0.4) is 0 Å². The van der Waals surface area contributed by atoms with E-state index < -0.39 is 0 Å². The topological polar surface area (TPSA) is 57.8 Å². The Morgan fingerprint density at radius 1 is 1.16 bits per heavy atom. The number of aliphatic imine (C=N–C) groups is 1. The molecule has 0 atom stereocenters. The molecule has 1 aromatic carbocycles. The maximum atomic E-state index is 4.44. The van der Waals surface area contributed by atoms with E-state index >= 15 is 0 Å². The Balaban J connectivity index is 0.00000182. The number of fused-ring (bicyclic) bond motifs is 2. The summed E-state index contributed by atoms with van der Waals surface area (Å²) in [6.07, 6.45) is 3.85. The molecule has 2 aromatic heterocycles. The number of benzene rings is 1. The maximum absolute atomic E-state index is 4.44. The molecule has 1 aliphatic rings. The fourth-order valence-electron chi connectivity index (χ4n) is 3.20. The molecule has 3 heterocycles. The van der Waals surface area contributed by atoms with E-state index in [2.05, 4.69) is 49.7 Å². The fraction of sp³-hybridized carbons (Fsp3) is 0.278. The highest BCUT2D eigenvalue weighted by molar-refractivity contribution is 14.0. The summed E-state index contributed by atoms with van der Waals surface area (Å²) in [5.74, 6) is 1.86. The lowest BCUT2D eigenvalue weighted by Crippen LogP contribution is -2.41. The third-order valence-electron chi connectivity index (χ3n) is 4.37. The van der Waals surface area contributed by atoms with Crippen LogP contribution in [0.5, 0.6) is 0 Å². The van der Waals surface area contributed by atoms with E-state index in [9.17, 15) is 0 Å². The number of para-hydroxylation sites is 1. The van der Waals surface area contributed by atoms with Gasteiger partial charge in [-0.3, -0.25) is 9.39 Å². The van der Waals surface area contributed by atoms with Crippen molar-refractivity contribution >= 4 is 41.3 Å². The van der Waals surface area contributed by atoms with Crippen LogP contribution in [0.4, 0.5) is 5.69 Å². The molecule has 130 valence electrons. The number of guanidine groups is 1. The standard InChI is InChI=1S/C18H20N6.HI/c1-19-18(23-13-10-14-6-2-3-7-15(14)23)20-11-9-17-22-21-16-8-4-5-12-24(16)17;/h2-8,12H,9-11,13H2,1H3,(H,19,20);1H. The molecular weight excluding hydrogens is 427 g/mol. The van der Waals surface area contributed by atoms with Crippen LogP contribution in [0.1, 0.15) is 11.4 Å². The lowest BCUT2D eigenvalue weighted by Gasteiger charge is -2.22. The second kappa shape index (κ2) is 7.81. The Labute approximate surface area is 164 Å². The van der Waals surface area contributed by atoms with Gasteiger partial charge in [0.05, 0.1) is 0 Å². The summed E-state index contributed by atoms with van der Waals surface area (Å²) in [6.45, 7) is 1.73. The Kier molecular flexibility index (Phi) is 5.52. The number of halogens is 1.